The van der Waals surface area contributed by atoms with Gasteiger partial charge in [0.25, 0.3) is 0 Å². The molecule has 1 amide bonds. The van der Waals surface area contributed by atoms with E-state index in [4.69, 9.17) is 4.74 Å². The Labute approximate surface area is 117 Å². The average Bonchev–Trinajstić information content (AvgIpc) is 2.45. The Morgan fingerprint density at radius 3 is 2.70 bits per heavy atom. The van der Waals surface area contributed by atoms with Crippen LogP contribution in [0.4, 0.5) is 4.79 Å². The number of aliphatic carboxylic acids is 1. The van der Waals surface area contributed by atoms with Crippen molar-refractivity contribution in [3.63, 3.8) is 0 Å². The molecule has 0 bridgehead atoms. The quantitative estimate of drug-likeness (QED) is 0.860. The third kappa shape index (κ3) is 3.38. The summed E-state index contributed by atoms with van der Waals surface area (Å²) in [5, 5.41) is 9.17. The van der Waals surface area contributed by atoms with Gasteiger partial charge >= 0.3 is 12.1 Å². The number of piperidine rings is 1. The Kier molecular flexibility index (Phi) is 4.40. The van der Waals surface area contributed by atoms with Gasteiger partial charge in [0, 0.05) is 6.54 Å². The minimum Gasteiger partial charge on any atom is -0.480 e. The summed E-state index contributed by atoms with van der Waals surface area (Å²) in [5.41, 5.74) is 1.72. The Morgan fingerprint density at radius 1 is 1.35 bits per heavy atom. The molecule has 0 radical (unpaired) electrons. The van der Waals surface area contributed by atoms with E-state index in [1.165, 1.54) is 4.90 Å². The van der Waals surface area contributed by atoms with Crippen molar-refractivity contribution in [1.29, 1.82) is 0 Å². The Hall–Kier alpha value is -2.30. The molecular formula is C15H17NO4. The first-order valence-electron chi connectivity index (χ1n) is 6.44. The molecule has 1 atom stereocenters. The van der Waals surface area contributed by atoms with Crippen molar-refractivity contribution < 1.29 is 19.4 Å². The molecule has 1 fully saturated rings. The molecule has 1 unspecified atom stereocenters. The number of carboxylic acid groups (broad SMARTS) is 1. The van der Waals surface area contributed by atoms with Crippen LogP contribution >= 0.6 is 0 Å². The summed E-state index contributed by atoms with van der Waals surface area (Å²) in [6.45, 7) is 4.27. The van der Waals surface area contributed by atoms with Crippen LogP contribution in [0.15, 0.2) is 42.5 Å². The predicted molar refractivity (Wildman–Crippen MR) is 73.1 cm³/mol. The van der Waals surface area contributed by atoms with Gasteiger partial charge in [-0.1, -0.05) is 42.5 Å². The van der Waals surface area contributed by atoms with Crippen molar-refractivity contribution in [2.75, 3.05) is 6.54 Å². The molecule has 0 aromatic heterocycles. The number of carboxylic acids is 1. The van der Waals surface area contributed by atoms with Crippen LogP contribution in [0.1, 0.15) is 18.4 Å². The minimum atomic E-state index is -1.03. The standard InChI is InChI=1S/C15H17NO4/c1-11-7-8-16(13(9-11)14(17)18)15(19)20-10-12-5-3-2-4-6-12/h2-6,13H,1,7-10H2,(H,17,18). The second kappa shape index (κ2) is 6.23. The van der Waals surface area contributed by atoms with Gasteiger partial charge in [0.15, 0.2) is 0 Å². The number of likely N-dealkylation sites (tertiary alicyclic amines) is 1. The highest BCUT2D eigenvalue weighted by molar-refractivity contribution is 5.80. The number of carbonyl (C=O) groups excluding carboxylic acids is 1. The fourth-order valence-electron chi connectivity index (χ4n) is 2.16. The average molecular weight is 275 g/mol. The highest BCUT2D eigenvalue weighted by Gasteiger charge is 2.34. The predicted octanol–water partition coefficient (Wildman–Crippen LogP) is 2.43. The van der Waals surface area contributed by atoms with Crippen molar-refractivity contribution in [2.45, 2.75) is 25.5 Å². The molecule has 1 saturated heterocycles. The summed E-state index contributed by atoms with van der Waals surface area (Å²) in [5.74, 6) is -1.03. The minimum absolute atomic E-state index is 0.142. The van der Waals surface area contributed by atoms with Crippen LogP contribution < -0.4 is 0 Å². The molecule has 2 rings (SSSR count). The van der Waals surface area contributed by atoms with Gasteiger partial charge in [0.05, 0.1) is 0 Å². The second-order valence-electron chi connectivity index (χ2n) is 4.79. The van der Waals surface area contributed by atoms with E-state index in [0.29, 0.717) is 13.0 Å². The zero-order chi connectivity index (χ0) is 14.5. The van der Waals surface area contributed by atoms with Crippen molar-refractivity contribution >= 4 is 12.1 Å². The maximum atomic E-state index is 12.0. The van der Waals surface area contributed by atoms with E-state index in [2.05, 4.69) is 6.58 Å². The molecule has 1 aliphatic rings. The number of carbonyl (C=O) groups is 2. The van der Waals surface area contributed by atoms with Gasteiger partial charge in [-0.2, -0.15) is 0 Å². The monoisotopic (exact) mass is 275 g/mol. The summed E-state index contributed by atoms with van der Waals surface area (Å²) in [7, 11) is 0. The number of amides is 1. The Bertz CT molecular complexity index is 512. The lowest BCUT2D eigenvalue weighted by molar-refractivity contribution is -0.143. The lowest BCUT2D eigenvalue weighted by atomic mass is 9.98. The van der Waals surface area contributed by atoms with Gasteiger partial charge in [-0.25, -0.2) is 9.59 Å². The third-order valence-corrected chi connectivity index (χ3v) is 3.29. The van der Waals surface area contributed by atoms with Gasteiger partial charge < -0.3 is 9.84 Å². The number of ether oxygens (including phenoxy) is 1. The molecule has 5 heteroatoms. The largest absolute Gasteiger partial charge is 0.480 e. The molecule has 5 nitrogen and oxygen atoms in total. The number of rotatable bonds is 3. The Balaban J connectivity index is 1.97. The van der Waals surface area contributed by atoms with E-state index < -0.39 is 18.1 Å². The van der Waals surface area contributed by atoms with Crippen LogP contribution in [0.2, 0.25) is 0 Å². The van der Waals surface area contributed by atoms with Gasteiger partial charge in [-0.15, -0.1) is 0 Å². The molecular weight excluding hydrogens is 258 g/mol. The number of hydrogen-bond donors (Lipinski definition) is 1. The van der Waals surface area contributed by atoms with Gasteiger partial charge in [0.2, 0.25) is 0 Å². The molecule has 1 N–H and O–H groups in total. The molecule has 20 heavy (non-hydrogen) atoms. The molecule has 1 aliphatic heterocycles. The van der Waals surface area contributed by atoms with Crippen LogP contribution in [-0.2, 0) is 16.1 Å². The van der Waals surface area contributed by atoms with E-state index in [1.807, 2.05) is 30.3 Å². The summed E-state index contributed by atoms with van der Waals surface area (Å²) in [6.07, 6.45) is 0.314. The summed E-state index contributed by atoms with van der Waals surface area (Å²) >= 11 is 0. The second-order valence-corrected chi connectivity index (χ2v) is 4.79. The van der Waals surface area contributed by atoms with Crippen molar-refractivity contribution in [2.24, 2.45) is 0 Å². The van der Waals surface area contributed by atoms with E-state index >= 15 is 0 Å². The SMILES string of the molecule is C=C1CCN(C(=O)OCc2ccccc2)C(C(=O)O)C1. The topological polar surface area (TPSA) is 66.8 Å². The van der Waals surface area contributed by atoms with Crippen LogP contribution in [0.25, 0.3) is 0 Å². The molecule has 1 aromatic rings. The van der Waals surface area contributed by atoms with Crippen molar-refractivity contribution in [1.82, 2.24) is 4.90 Å². The van der Waals surface area contributed by atoms with Gasteiger partial charge in [0.1, 0.15) is 12.6 Å². The first-order chi connectivity index (χ1) is 9.58. The van der Waals surface area contributed by atoms with Crippen LogP contribution in [0, 0.1) is 0 Å². The highest BCUT2D eigenvalue weighted by Crippen LogP contribution is 2.22. The maximum Gasteiger partial charge on any atom is 0.410 e. The Morgan fingerprint density at radius 2 is 2.05 bits per heavy atom. The van der Waals surface area contributed by atoms with Crippen molar-refractivity contribution in [3.05, 3.63) is 48.0 Å². The molecule has 1 heterocycles. The van der Waals surface area contributed by atoms with Gasteiger partial charge in [-0.3, -0.25) is 4.90 Å². The first-order valence-corrected chi connectivity index (χ1v) is 6.44. The molecule has 0 saturated carbocycles. The number of hydrogen-bond acceptors (Lipinski definition) is 3. The van der Waals surface area contributed by atoms with Crippen LogP contribution in [-0.4, -0.2) is 34.7 Å². The molecule has 0 spiro atoms. The van der Waals surface area contributed by atoms with E-state index in [-0.39, 0.29) is 13.0 Å². The van der Waals surface area contributed by atoms with Crippen molar-refractivity contribution in [3.8, 4) is 0 Å². The van der Waals surface area contributed by atoms with Crippen LogP contribution in [0.3, 0.4) is 0 Å². The zero-order valence-electron chi connectivity index (χ0n) is 11.1. The maximum absolute atomic E-state index is 12.0. The lowest BCUT2D eigenvalue weighted by Crippen LogP contribution is -2.48. The number of benzene rings is 1. The van der Waals surface area contributed by atoms with Gasteiger partial charge in [-0.05, 0) is 18.4 Å². The fourth-order valence-corrected chi connectivity index (χ4v) is 2.16. The fraction of sp³-hybridized carbons (Fsp3) is 0.333. The van der Waals surface area contributed by atoms with Crippen LogP contribution in [0.5, 0.6) is 0 Å². The summed E-state index contributed by atoms with van der Waals surface area (Å²) in [4.78, 5) is 24.5. The van der Waals surface area contributed by atoms with E-state index in [9.17, 15) is 14.7 Å². The number of nitrogens with zero attached hydrogens (tertiary/aromatic N) is 1. The lowest BCUT2D eigenvalue weighted by Gasteiger charge is -2.33. The molecule has 106 valence electrons. The van der Waals surface area contributed by atoms with E-state index in [1.54, 1.807) is 0 Å². The molecule has 0 aliphatic carbocycles. The first kappa shape index (κ1) is 14.1. The highest BCUT2D eigenvalue weighted by atomic mass is 16.6. The normalized spacial score (nSPS) is 18.7. The smallest absolute Gasteiger partial charge is 0.410 e. The molecule has 1 aromatic carbocycles. The summed E-state index contributed by atoms with van der Waals surface area (Å²) < 4.78 is 5.18. The third-order valence-electron chi connectivity index (χ3n) is 3.29. The van der Waals surface area contributed by atoms with E-state index in [0.717, 1.165) is 11.1 Å². The zero-order valence-corrected chi connectivity index (χ0v) is 11.1. The summed E-state index contributed by atoms with van der Waals surface area (Å²) in [6, 6.07) is 8.41.